The lowest BCUT2D eigenvalue weighted by atomic mass is 10.00. The van der Waals surface area contributed by atoms with Gasteiger partial charge in [-0.05, 0) is 41.5 Å². The Morgan fingerprint density at radius 3 is 1.90 bits per heavy atom. The number of pyridine rings is 3. The van der Waals surface area contributed by atoms with E-state index in [0.29, 0.717) is 0 Å². The highest BCUT2D eigenvalue weighted by Crippen LogP contribution is 2.40. The second-order valence-corrected chi connectivity index (χ2v) is 10.8. The summed E-state index contributed by atoms with van der Waals surface area (Å²) >= 11 is 1.86. The van der Waals surface area contributed by atoms with E-state index in [1.54, 1.807) is 6.20 Å². The lowest BCUT2D eigenvalue weighted by molar-refractivity contribution is 1.30. The average Bonchev–Trinajstić information content (AvgIpc) is 3.40. The van der Waals surface area contributed by atoms with Crippen LogP contribution in [0.5, 0.6) is 0 Å². The van der Waals surface area contributed by atoms with Gasteiger partial charge in [0.2, 0.25) is 0 Å². The van der Waals surface area contributed by atoms with Gasteiger partial charge in [0.1, 0.15) is 0 Å². The summed E-state index contributed by atoms with van der Waals surface area (Å²) in [7, 11) is 0. The van der Waals surface area contributed by atoms with Crippen LogP contribution in [-0.4, -0.2) is 15.0 Å². The molecule has 3 nitrogen and oxygen atoms in total. The fourth-order valence-electron chi connectivity index (χ4n) is 5.40. The fourth-order valence-corrected chi connectivity index (χ4v) is 6.64. The van der Waals surface area contributed by atoms with E-state index >= 15 is 0 Å². The summed E-state index contributed by atoms with van der Waals surface area (Å²) in [5.41, 5.74) is 8.22. The smallest absolute Gasteiger partial charge is 0.0972 e. The van der Waals surface area contributed by atoms with Crippen LogP contribution in [0, 0.1) is 0 Å². The maximum absolute atomic E-state index is 5.11. The van der Waals surface area contributed by atoms with E-state index in [9.17, 15) is 0 Å². The Morgan fingerprint density at radius 1 is 0.487 bits per heavy atom. The van der Waals surface area contributed by atoms with Crippen LogP contribution in [0.3, 0.4) is 0 Å². The molecule has 0 radical (unpaired) electrons. The molecule has 0 aliphatic carbocycles. The Labute approximate surface area is 229 Å². The first kappa shape index (κ1) is 22.1. The van der Waals surface area contributed by atoms with Gasteiger partial charge >= 0.3 is 0 Å². The predicted octanol–water partition coefficient (Wildman–Crippen LogP) is 9.55. The maximum Gasteiger partial charge on any atom is 0.0972 e. The van der Waals surface area contributed by atoms with E-state index in [-0.39, 0.29) is 0 Å². The number of thiophene rings is 1. The van der Waals surface area contributed by atoms with Crippen molar-refractivity contribution < 1.29 is 0 Å². The summed E-state index contributed by atoms with van der Waals surface area (Å²) in [5.74, 6) is 0. The molecule has 0 N–H and O–H groups in total. The first-order valence-corrected chi connectivity index (χ1v) is 13.8. The molecule has 0 saturated heterocycles. The summed E-state index contributed by atoms with van der Waals surface area (Å²) in [6.07, 6.45) is 3.63. The Kier molecular flexibility index (Phi) is 5.00. The van der Waals surface area contributed by atoms with Crippen molar-refractivity contribution in [2.24, 2.45) is 0 Å². The monoisotopic (exact) mass is 515 g/mol. The topological polar surface area (TPSA) is 38.7 Å². The third-order valence-corrected chi connectivity index (χ3v) is 8.59. The molecule has 4 aromatic heterocycles. The van der Waals surface area contributed by atoms with Gasteiger partial charge in [0.15, 0.2) is 0 Å². The van der Waals surface area contributed by atoms with Gasteiger partial charge in [-0.2, -0.15) is 0 Å². The van der Waals surface area contributed by atoms with Gasteiger partial charge < -0.3 is 0 Å². The van der Waals surface area contributed by atoms with Crippen molar-refractivity contribution in [2.75, 3.05) is 0 Å². The standard InChI is InChI=1S/C35H21N3S/c1-2-9-32-28(6-1)29-8-3-7-27(35(29)39-32)22-10-12-23(13-11-22)30-18-16-24-14-15-25-17-19-31(26-5-4-20-36-21-26)38-34(25)33(24)37-30/h1-21H. The van der Waals surface area contributed by atoms with Crippen molar-refractivity contribution in [3.05, 3.63) is 128 Å². The number of nitrogens with zero attached hydrogens (tertiary/aromatic N) is 3. The van der Waals surface area contributed by atoms with Crippen molar-refractivity contribution in [1.82, 2.24) is 15.0 Å². The van der Waals surface area contributed by atoms with Gasteiger partial charge in [0.25, 0.3) is 0 Å². The minimum absolute atomic E-state index is 0.898. The van der Waals surface area contributed by atoms with Crippen molar-refractivity contribution in [3.63, 3.8) is 0 Å². The Balaban J connectivity index is 1.22. The van der Waals surface area contributed by atoms with Crippen molar-refractivity contribution in [2.45, 2.75) is 0 Å². The fraction of sp³-hybridized carbons (Fsp3) is 0. The Morgan fingerprint density at radius 2 is 1.15 bits per heavy atom. The van der Waals surface area contributed by atoms with E-state index < -0.39 is 0 Å². The van der Waals surface area contributed by atoms with E-state index in [0.717, 1.165) is 44.3 Å². The van der Waals surface area contributed by atoms with Crippen LogP contribution in [0.4, 0.5) is 0 Å². The highest BCUT2D eigenvalue weighted by Gasteiger charge is 2.12. The molecule has 0 aliphatic rings. The second-order valence-electron chi connectivity index (χ2n) is 9.70. The molecule has 0 spiro atoms. The van der Waals surface area contributed by atoms with Crippen LogP contribution in [0.1, 0.15) is 0 Å². The predicted molar refractivity (Wildman–Crippen MR) is 164 cm³/mol. The molecule has 8 aromatic rings. The first-order chi connectivity index (χ1) is 19.3. The largest absolute Gasteiger partial charge is 0.264 e. The number of fused-ring (bicyclic) bond motifs is 6. The number of hydrogen-bond donors (Lipinski definition) is 0. The summed E-state index contributed by atoms with van der Waals surface area (Å²) in [4.78, 5) is 14.4. The highest BCUT2D eigenvalue weighted by molar-refractivity contribution is 7.26. The van der Waals surface area contributed by atoms with Crippen LogP contribution >= 0.6 is 11.3 Å². The van der Waals surface area contributed by atoms with Crippen LogP contribution in [0.25, 0.3) is 75.6 Å². The molecule has 4 aromatic carbocycles. The summed E-state index contributed by atoms with van der Waals surface area (Å²) in [6, 6.07) is 40.6. The minimum Gasteiger partial charge on any atom is -0.264 e. The summed E-state index contributed by atoms with van der Waals surface area (Å²) < 4.78 is 2.65. The van der Waals surface area contributed by atoms with Crippen molar-refractivity contribution >= 4 is 53.3 Å². The second kappa shape index (κ2) is 8.83. The number of rotatable bonds is 3. The summed E-state index contributed by atoms with van der Waals surface area (Å²) in [6.45, 7) is 0. The molecule has 182 valence electrons. The molecular weight excluding hydrogens is 494 g/mol. The Bertz CT molecular complexity index is 2160. The molecule has 39 heavy (non-hydrogen) atoms. The molecular formula is C35H21N3S. The van der Waals surface area contributed by atoms with Gasteiger partial charge in [-0.25, -0.2) is 9.97 Å². The van der Waals surface area contributed by atoms with E-state index in [1.165, 1.54) is 31.3 Å². The highest BCUT2D eigenvalue weighted by atomic mass is 32.1. The SMILES string of the molecule is c1cncc(-c2ccc3ccc4ccc(-c5ccc(-c6cccc7c6sc6ccccc67)cc5)nc4c3n2)c1. The molecule has 0 bridgehead atoms. The molecule has 0 amide bonds. The molecule has 0 unspecified atom stereocenters. The van der Waals surface area contributed by atoms with E-state index in [1.807, 2.05) is 35.7 Å². The van der Waals surface area contributed by atoms with Crippen molar-refractivity contribution in [3.8, 4) is 33.6 Å². The molecule has 0 fully saturated rings. The zero-order valence-electron chi connectivity index (χ0n) is 20.9. The van der Waals surface area contributed by atoms with Crippen LogP contribution in [0.15, 0.2) is 128 Å². The molecule has 4 heteroatoms. The van der Waals surface area contributed by atoms with Gasteiger partial charge in [-0.1, -0.05) is 84.9 Å². The van der Waals surface area contributed by atoms with Gasteiger partial charge in [-0.15, -0.1) is 11.3 Å². The van der Waals surface area contributed by atoms with Gasteiger partial charge in [0, 0.05) is 54.5 Å². The zero-order valence-corrected chi connectivity index (χ0v) is 21.7. The van der Waals surface area contributed by atoms with Gasteiger partial charge in [0.05, 0.1) is 22.4 Å². The minimum atomic E-state index is 0.898. The van der Waals surface area contributed by atoms with Crippen LogP contribution in [-0.2, 0) is 0 Å². The normalized spacial score (nSPS) is 11.6. The maximum atomic E-state index is 5.11. The average molecular weight is 516 g/mol. The Hall–Kier alpha value is -4.93. The molecule has 0 aliphatic heterocycles. The van der Waals surface area contributed by atoms with Gasteiger partial charge in [-0.3, -0.25) is 4.98 Å². The van der Waals surface area contributed by atoms with E-state index in [2.05, 4.69) is 102 Å². The lowest BCUT2D eigenvalue weighted by Crippen LogP contribution is -1.91. The number of aromatic nitrogens is 3. The molecule has 8 rings (SSSR count). The lowest BCUT2D eigenvalue weighted by Gasteiger charge is -2.09. The number of benzene rings is 4. The molecule has 4 heterocycles. The van der Waals surface area contributed by atoms with Crippen LogP contribution < -0.4 is 0 Å². The van der Waals surface area contributed by atoms with E-state index in [4.69, 9.17) is 9.97 Å². The third-order valence-electron chi connectivity index (χ3n) is 7.37. The third kappa shape index (κ3) is 3.69. The quantitative estimate of drug-likeness (QED) is 0.220. The number of hydrogen-bond acceptors (Lipinski definition) is 4. The molecule has 0 atom stereocenters. The summed E-state index contributed by atoms with van der Waals surface area (Å²) in [5, 5.41) is 4.80. The van der Waals surface area contributed by atoms with Crippen LogP contribution in [0.2, 0.25) is 0 Å². The van der Waals surface area contributed by atoms with Crippen molar-refractivity contribution in [1.29, 1.82) is 0 Å². The molecule has 0 saturated carbocycles. The zero-order chi connectivity index (χ0) is 25.8. The first-order valence-electron chi connectivity index (χ1n) is 12.9.